The van der Waals surface area contributed by atoms with Crippen molar-refractivity contribution in [2.45, 2.75) is 39.9 Å². The Bertz CT molecular complexity index is 815. The quantitative estimate of drug-likeness (QED) is 0.739. The van der Waals surface area contributed by atoms with Crippen molar-refractivity contribution in [2.24, 2.45) is 5.92 Å². The second-order valence-electron chi connectivity index (χ2n) is 7.73. The van der Waals surface area contributed by atoms with E-state index in [0.29, 0.717) is 12.1 Å². The fourth-order valence-electron chi connectivity index (χ4n) is 3.10. The highest BCUT2D eigenvalue weighted by Gasteiger charge is 2.25. The van der Waals surface area contributed by atoms with Gasteiger partial charge in [-0.05, 0) is 49.7 Å². The molecule has 28 heavy (non-hydrogen) atoms. The standard InChI is InChI=1S/C23H31N3O2/c1-16(2)21(25-22(27)20-13-9-6-10-17(20)3)23(28)24-14-18-11-7-8-12-19(18)15-26(4)5/h6-13,16,21H,14-15H2,1-5H3,(H,24,28)(H,25,27). The molecular weight excluding hydrogens is 350 g/mol. The first-order valence-corrected chi connectivity index (χ1v) is 9.65. The maximum absolute atomic E-state index is 12.8. The molecule has 5 nitrogen and oxygen atoms in total. The van der Waals surface area contributed by atoms with Gasteiger partial charge in [-0.15, -0.1) is 0 Å². The molecule has 0 saturated carbocycles. The summed E-state index contributed by atoms with van der Waals surface area (Å²) < 4.78 is 0. The molecule has 0 aliphatic heterocycles. The Hall–Kier alpha value is -2.66. The number of hydrogen-bond donors (Lipinski definition) is 2. The lowest BCUT2D eigenvalue weighted by atomic mass is 10.0. The Morgan fingerprint density at radius 3 is 2.18 bits per heavy atom. The largest absolute Gasteiger partial charge is 0.350 e. The van der Waals surface area contributed by atoms with Crippen LogP contribution in [0.15, 0.2) is 48.5 Å². The molecule has 0 aromatic heterocycles. The van der Waals surface area contributed by atoms with Gasteiger partial charge < -0.3 is 15.5 Å². The van der Waals surface area contributed by atoms with Crippen molar-refractivity contribution in [1.82, 2.24) is 15.5 Å². The van der Waals surface area contributed by atoms with Crippen LogP contribution in [0.5, 0.6) is 0 Å². The Balaban J connectivity index is 2.06. The van der Waals surface area contributed by atoms with E-state index in [1.807, 2.05) is 71.3 Å². The van der Waals surface area contributed by atoms with Crippen LogP contribution in [0.2, 0.25) is 0 Å². The van der Waals surface area contributed by atoms with Crippen LogP contribution < -0.4 is 10.6 Å². The van der Waals surface area contributed by atoms with Gasteiger partial charge in [-0.1, -0.05) is 56.3 Å². The molecule has 0 saturated heterocycles. The minimum Gasteiger partial charge on any atom is -0.350 e. The molecule has 0 aliphatic carbocycles. The monoisotopic (exact) mass is 381 g/mol. The van der Waals surface area contributed by atoms with Crippen LogP contribution in [-0.4, -0.2) is 36.9 Å². The van der Waals surface area contributed by atoms with E-state index in [4.69, 9.17) is 0 Å². The zero-order chi connectivity index (χ0) is 20.7. The molecule has 0 fully saturated rings. The molecule has 2 amide bonds. The lowest BCUT2D eigenvalue weighted by Crippen LogP contribution is -2.49. The van der Waals surface area contributed by atoms with Gasteiger partial charge >= 0.3 is 0 Å². The van der Waals surface area contributed by atoms with Crippen molar-refractivity contribution >= 4 is 11.8 Å². The average molecular weight is 382 g/mol. The lowest BCUT2D eigenvalue weighted by molar-refractivity contribution is -0.124. The number of benzene rings is 2. The van der Waals surface area contributed by atoms with E-state index < -0.39 is 6.04 Å². The summed E-state index contributed by atoms with van der Waals surface area (Å²) in [6.45, 7) is 7.00. The smallest absolute Gasteiger partial charge is 0.252 e. The highest BCUT2D eigenvalue weighted by Crippen LogP contribution is 2.12. The van der Waals surface area contributed by atoms with Gasteiger partial charge in [-0.2, -0.15) is 0 Å². The minimum absolute atomic E-state index is 0.0232. The summed E-state index contributed by atoms with van der Waals surface area (Å²) in [6, 6.07) is 14.9. The number of nitrogens with one attached hydrogen (secondary N) is 2. The number of hydrogen-bond acceptors (Lipinski definition) is 3. The highest BCUT2D eigenvalue weighted by molar-refractivity contribution is 5.98. The van der Waals surface area contributed by atoms with Crippen molar-refractivity contribution in [2.75, 3.05) is 14.1 Å². The van der Waals surface area contributed by atoms with Crippen LogP contribution in [0, 0.1) is 12.8 Å². The second kappa shape index (κ2) is 10.0. The predicted molar refractivity (Wildman–Crippen MR) is 113 cm³/mol. The van der Waals surface area contributed by atoms with Crippen molar-refractivity contribution in [3.8, 4) is 0 Å². The van der Waals surface area contributed by atoms with Crippen LogP contribution in [0.3, 0.4) is 0 Å². The average Bonchev–Trinajstić information content (AvgIpc) is 2.64. The molecule has 150 valence electrons. The second-order valence-corrected chi connectivity index (χ2v) is 7.73. The van der Waals surface area contributed by atoms with Crippen LogP contribution in [0.4, 0.5) is 0 Å². The molecule has 0 aliphatic rings. The van der Waals surface area contributed by atoms with Gasteiger partial charge in [0.2, 0.25) is 5.91 Å². The Labute approximate surface area is 168 Å². The highest BCUT2D eigenvalue weighted by atomic mass is 16.2. The third-order valence-electron chi connectivity index (χ3n) is 4.68. The molecule has 0 heterocycles. The van der Waals surface area contributed by atoms with E-state index in [-0.39, 0.29) is 17.7 Å². The van der Waals surface area contributed by atoms with E-state index in [1.54, 1.807) is 6.07 Å². The van der Waals surface area contributed by atoms with E-state index in [2.05, 4.69) is 21.6 Å². The molecule has 2 aromatic rings. The summed E-state index contributed by atoms with van der Waals surface area (Å²) in [5.74, 6) is -0.415. The normalized spacial score (nSPS) is 12.1. The third kappa shape index (κ3) is 5.92. The number of amides is 2. The number of carbonyl (C=O) groups excluding carboxylic acids is 2. The maximum Gasteiger partial charge on any atom is 0.252 e. The molecule has 0 spiro atoms. The molecule has 0 bridgehead atoms. The van der Waals surface area contributed by atoms with Crippen molar-refractivity contribution in [3.05, 3.63) is 70.8 Å². The first-order chi connectivity index (χ1) is 13.3. The van der Waals surface area contributed by atoms with Gasteiger partial charge in [0.15, 0.2) is 0 Å². The molecular formula is C23H31N3O2. The zero-order valence-electron chi connectivity index (χ0n) is 17.5. The number of nitrogens with zero attached hydrogens (tertiary/aromatic N) is 1. The van der Waals surface area contributed by atoms with Crippen molar-refractivity contribution in [3.63, 3.8) is 0 Å². The summed E-state index contributed by atoms with van der Waals surface area (Å²) in [5, 5.41) is 5.89. The van der Waals surface area contributed by atoms with E-state index in [1.165, 1.54) is 5.56 Å². The number of rotatable bonds is 8. The van der Waals surface area contributed by atoms with Gasteiger partial charge in [-0.25, -0.2) is 0 Å². The van der Waals surface area contributed by atoms with Gasteiger partial charge in [0.05, 0.1) is 0 Å². The minimum atomic E-state index is -0.590. The van der Waals surface area contributed by atoms with Crippen LogP contribution in [-0.2, 0) is 17.9 Å². The van der Waals surface area contributed by atoms with Crippen LogP contribution >= 0.6 is 0 Å². The lowest BCUT2D eigenvalue weighted by Gasteiger charge is -2.23. The first-order valence-electron chi connectivity index (χ1n) is 9.65. The Morgan fingerprint density at radius 1 is 0.964 bits per heavy atom. The molecule has 5 heteroatoms. The fourth-order valence-corrected chi connectivity index (χ4v) is 3.10. The topological polar surface area (TPSA) is 61.4 Å². The molecule has 1 unspecified atom stereocenters. The van der Waals surface area contributed by atoms with Gasteiger partial charge in [-0.3, -0.25) is 9.59 Å². The molecule has 2 aromatic carbocycles. The molecule has 0 radical (unpaired) electrons. The van der Waals surface area contributed by atoms with Gasteiger partial charge in [0, 0.05) is 18.7 Å². The molecule has 1 atom stereocenters. The first kappa shape index (κ1) is 21.6. The predicted octanol–water partition coefficient (Wildman–Crippen LogP) is 3.13. The van der Waals surface area contributed by atoms with E-state index in [9.17, 15) is 9.59 Å². The number of carbonyl (C=O) groups is 2. The van der Waals surface area contributed by atoms with E-state index in [0.717, 1.165) is 17.7 Å². The fraction of sp³-hybridized carbons (Fsp3) is 0.391. The molecule has 2 rings (SSSR count). The number of aryl methyl sites for hydroxylation is 1. The summed E-state index contributed by atoms with van der Waals surface area (Å²) in [4.78, 5) is 27.5. The maximum atomic E-state index is 12.8. The molecule has 2 N–H and O–H groups in total. The SMILES string of the molecule is Cc1ccccc1C(=O)NC(C(=O)NCc1ccccc1CN(C)C)C(C)C. The van der Waals surface area contributed by atoms with Crippen molar-refractivity contribution < 1.29 is 9.59 Å². The van der Waals surface area contributed by atoms with Crippen LogP contribution in [0.1, 0.15) is 40.9 Å². The summed E-state index contributed by atoms with van der Waals surface area (Å²) in [5.41, 5.74) is 3.74. The van der Waals surface area contributed by atoms with E-state index >= 15 is 0 Å². The summed E-state index contributed by atoms with van der Waals surface area (Å²) in [7, 11) is 4.04. The van der Waals surface area contributed by atoms with Gasteiger partial charge in [0.1, 0.15) is 6.04 Å². The van der Waals surface area contributed by atoms with Gasteiger partial charge in [0.25, 0.3) is 5.91 Å². The Morgan fingerprint density at radius 2 is 1.57 bits per heavy atom. The van der Waals surface area contributed by atoms with Crippen LogP contribution in [0.25, 0.3) is 0 Å². The zero-order valence-corrected chi connectivity index (χ0v) is 17.5. The third-order valence-corrected chi connectivity index (χ3v) is 4.68. The van der Waals surface area contributed by atoms with Crippen molar-refractivity contribution in [1.29, 1.82) is 0 Å². The summed E-state index contributed by atoms with van der Waals surface area (Å²) in [6.07, 6.45) is 0. The summed E-state index contributed by atoms with van der Waals surface area (Å²) >= 11 is 0. The Kier molecular flexibility index (Phi) is 7.76.